The third kappa shape index (κ3) is 5.58. The van der Waals surface area contributed by atoms with E-state index in [2.05, 4.69) is 14.8 Å². The number of esters is 1. The third-order valence-corrected chi connectivity index (χ3v) is 3.98. The van der Waals surface area contributed by atoms with Gasteiger partial charge in [-0.1, -0.05) is 6.92 Å². The highest BCUT2D eigenvalue weighted by molar-refractivity contribution is 7.89. The molecule has 0 spiro atoms. The van der Waals surface area contributed by atoms with Crippen molar-refractivity contribution in [2.75, 3.05) is 26.7 Å². The van der Waals surface area contributed by atoms with E-state index in [1.54, 1.807) is 0 Å². The number of halogens is 2. The SMILES string of the molecule is CCNCCNS(=O)(=O)c1cc(F)ccc1C(=O)OC.Cl. The van der Waals surface area contributed by atoms with Gasteiger partial charge in [-0.25, -0.2) is 22.3 Å². The van der Waals surface area contributed by atoms with E-state index < -0.39 is 26.7 Å². The highest BCUT2D eigenvalue weighted by atomic mass is 35.5. The minimum absolute atomic E-state index is 0. The summed E-state index contributed by atoms with van der Waals surface area (Å²) >= 11 is 0. The average molecular weight is 341 g/mol. The van der Waals surface area contributed by atoms with Crippen molar-refractivity contribution >= 4 is 28.4 Å². The molecule has 0 atom stereocenters. The van der Waals surface area contributed by atoms with Crippen molar-refractivity contribution in [3.8, 4) is 0 Å². The second kappa shape index (κ2) is 8.93. The van der Waals surface area contributed by atoms with E-state index in [9.17, 15) is 17.6 Å². The van der Waals surface area contributed by atoms with Crippen molar-refractivity contribution in [2.24, 2.45) is 0 Å². The molecule has 0 bridgehead atoms. The average Bonchev–Trinajstić information content (AvgIpc) is 2.42. The lowest BCUT2D eigenvalue weighted by atomic mass is 10.2. The van der Waals surface area contributed by atoms with Crippen LogP contribution in [0.15, 0.2) is 23.1 Å². The van der Waals surface area contributed by atoms with Gasteiger partial charge in [0.1, 0.15) is 5.82 Å². The van der Waals surface area contributed by atoms with Crippen LogP contribution in [0.4, 0.5) is 4.39 Å². The number of rotatable bonds is 7. The van der Waals surface area contributed by atoms with Crippen molar-refractivity contribution in [3.05, 3.63) is 29.6 Å². The van der Waals surface area contributed by atoms with Crippen molar-refractivity contribution < 1.29 is 22.3 Å². The first-order valence-electron chi connectivity index (χ1n) is 6.00. The Labute approximate surface area is 129 Å². The Morgan fingerprint density at radius 3 is 2.57 bits per heavy atom. The normalized spacial score (nSPS) is 10.8. The molecule has 120 valence electrons. The van der Waals surface area contributed by atoms with Crippen LogP contribution in [-0.4, -0.2) is 41.1 Å². The molecule has 0 radical (unpaired) electrons. The maximum absolute atomic E-state index is 13.2. The first kappa shape index (κ1) is 19.8. The van der Waals surface area contributed by atoms with Gasteiger partial charge in [-0.2, -0.15) is 0 Å². The third-order valence-electron chi connectivity index (χ3n) is 2.48. The number of hydrogen-bond donors (Lipinski definition) is 2. The van der Waals surface area contributed by atoms with Gasteiger partial charge in [-0.15, -0.1) is 12.4 Å². The summed E-state index contributed by atoms with van der Waals surface area (Å²) in [6.45, 7) is 3.15. The van der Waals surface area contributed by atoms with E-state index in [1.807, 2.05) is 6.92 Å². The lowest BCUT2D eigenvalue weighted by molar-refractivity contribution is 0.0596. The van der Waals surface area contributed by atoms with E-state index in [4.69, 9.17) is 0 Å². The van der Waals surface area contributed by atoms with Gasteiger partial charge in [-0.05, 0) is 24.7 Å². The Kier molecular flexibility index (Phi) is 8.41. The summed E-state index contributed by atoms with van der Waals surface area (Å²) in [5, 5.41) is 2.94. The number of likely N-dealkylation sites (N-methyl/N-ethyl adjacent to an activating group) is 1. The van der Waals surface area contributed by atoms with E-state index >= 15 is 0 Å². The largest absolute Gasteiger partial charge is 0.465 e. The fourth-order valence-corrected chi connectivity index (χ4v) is 2.76. The Bertz CT molecular complexity index is 581. The molecule has 0 aromatic heterocycles. The van der Waals surface area contributed by atoms with Gasteiger partial charge in [0.25, 0.3) is 0 Å². The van der Waals surface area contributed by atoms with Crippen LogP contribution in [0.2, 0.25) is 0 Å². The van der Waals surface area contributed by atoms with Gasteiger partial charge in [0.05, 0.1) is 17.6 Å². The number of nitrogens with one attached hydrogen (secondary N) is 2. The second-order valence-electron chi connectivity index (χ2n) is 3.88. The van der Waals surface area contributed by atoms with Gasteiger partial charge in [0, 0.05) is 13.1 Å². The molecule has 2 N–H and O–H groups in total. The van der Waals surface area contributed by atoms with E-state index in [0.717, 1.165) is 25.3 Å². The van der Waals surface area contributed by atoms with Gasteiger partial charge >= 0.3 is 5.97 Å². The van der Waals surface area contributed by atoms with Gasteiger partial charge < -0.3 is 10.1 Å². The van der Waals surface area contributed by atoms with Crippen LogP contribution in [-0.2, 0) is 14.8 Å². The molecule has 0 saturated carbocycles. The van der Waals surface area contributed by atoms with Crippen LogP contribution in [0, 0.1) is 5.82 Å². The van der Waals surface area contributed by atoms with Crippen LogP contribution < -0.4 is 10.0 Å². The van der Waals surface area contributed by atoms with Crippen LogP contribution in [0.3, 0.4) is 0 Å². The Morgan fingerprint density at radius 2 is 2.00 bits per heavy atom. The second-order valence-corrected chi connectivity index (χ2v) is 5.62. The lowest BCUT2D eigenvalue weighted by Crippen LogP contribution is -2.32. The van der Waals surface area contributed by atoms with E-state index in [0.29, 0.717) is 13.1 Å². The fourth-order valence-electron chi connectivity index (χ4n) is 1.53. The van der Waals surface area contributed by atoms with Crippen molar-refractivity contribution in [1.82, 2.24) is 10.0 Å². The molecule has 0 fully saturated rings. The molecule has 0 heterocycles. The standard InChI is InChI=1S/C12H17FN2O4S.ClH/c1-3-14-6-7-15-20(17,18)11-8-9(13)4-5-10(11)12(16)19-2;/h4-5,8,14-15H,3,6-7H2,1-2H3;1H. The summed E-state index contributed by atoms with van der Waals surface area (Å²) in [5.41, 5.74) is -0.204. The number of ether oxygens (including phenoxy) is 1. The summed E-state index contributed by atoms with van der Waals surface area (Å²) < 4.78 is 44.2. The lowest BCUT2D eigenvalue weighted by Gasteiger charge is -2.10. The number of carbonyl (C=O) groups is 1. The smallest absolute Gasteiger partial charge is 0.339 e. The molecule has 9 heteroatoms. The van der Waals surface area contributed by atoms with Crippen LogP contribution in [0.5, 0.6) is 0 Å². The molecule has 0 aliphatic carbocycles. The van der Waals surface area contributed by atoms with Crippen LogP contribution >= 0.6 is 12.4 Å². The molecule has 0 aliphatic rings. The van der Waals surface area contributed by atoms with Gasteiger partial charge in [-0.3, -0.25) is 0 Å². The monoisotopic (exact) mass is 340 g/mol. The van der Waals surface area contributed by atoms with Crippen molar-refractivity contribution in [3.63, 3.8) is 0 Å². The topological polar surface area (TPSA) is 84.5 Å². The molecule has 1 rings (SSSR count). The first-order valence-corrected chi connectivity index (χ1v) is 7.49. The molecular weight excluding hydrogens is 323 g/mol. The Hall–Kier alpha value is -1.22. The molecule has 6 nitrogen and oxygen atoms in total. The maximum atomic E-state index is 13.2. The van der Waals surface area contributed by atoms with Crippen LogP contribution in [0.1, 0.15) is 17.3 Å². The molecule has 0 unspecified atom stereocenters. The fraction of sp³-hybridized carbons (Fsp3) is 0.417. The first-order chi connectivity index (χ1) is 9.42. The molecule has 0 saturated heterocycles. The zero-order valence-electron chi connectivity index (χ0n) is 11.7. The summed E-state index contributed by atoms with van der Waals surface area (Å²) in [7, 11) is -2.85. The van der Waals surface area contributed by atoms with E-state index in [1.165, 1.54) is 0 Å². The number of benzene rings is 1. The number of hydrogen-bond acceptors (Lipinski definition) is 5. The summed E-state index contributed by atoms with van der Waals surface area (Å²) in [6, 6.07) is 2.88. The predicted octanol–water partition coefficient (Wildman–Crippen LogP) is 0.922. The Balaban J connectivity index is 0.00000400. The van der Waals surface area contributed by atoms with Crippen molar-refractivity contribution in [2.45, 2.75) is 11.8 Å². The summed E-state index contributed by atoms with van der Waals surface area (Å²) in [4.78, 5) is 11.1. The molecule has 21 heavy (non-hydrogen) atoms. The summed E-state index contributed by atoms with van der Waals surface area (Å²) in [5.74, 6) is -1.58. The minimum Gasteiger partial charge on any atom is -0.465 e. The van der Waals surface area contributed by atoms with Gasteiger partial charge in [0.15, 0.2) is 0 Å². The molecular formula is C12H18ClFN2O4S. The number of methoxy groups -OCH3 is 1. The highest BCUT2D eigenvalue weighted by Crippen LogP contribution is 2.18. The minimum atomic E-state index is -3.98. The van der Waals surface area contributed by atoms with E-state index in [-0.39, 0.29) is 24.5 Å². The number of sulfonamides is 1. The maximum Gasteiger partial charge on any atom is 0.339 e. The number of carbonyl (C=O) groups excluding carboxylic acids is 1. The molecule has 0 amide bonds. The zero-order chi connectivity index (χ0) is 15.2. The molecule has 1 aromatic carbocycles. The molecule has 0 aliphatic heterocycles. The quantitative estimate of drug-likeness (QED) is 0.569. The van der Waals surface area contributed by atoms with Gasteiger partial charge in [0.2, 0.25) is 10.0 Å². The predicted molar refractivity (Wildman–Crippen MR) is 78.7 cm³/mol. The van der Waals surface area contributed by atoms with Crippen LogP contribution in [0.25, 0.3) is 0 Å². The highest BCUT2D eigenvalue weighted by Gasteiger charge is 2.23. The zero-order valence-corrected chi connectivity index (χ0v) is 13.3. The van der Waals surface area contributed by atoms with Crippen molar-refractivity contribution in [1.29, 1.82) is 0 Å². The summed E-state index contributed by atoms with van der Waals surface area (Å²) in [6.07, 6.45) is 0. The molecule has 1 aromatic rings. The Morgan fingerprint density at radius 1 is 1.33 bits per heavy atom.